The van der Waals surface area contributed by atoms with Gasteiger partial charge in [-0.05, 0) is 36.4 Å². The summed E-state index contributed by atoms with van der Waals surface area (Å²) in [5.74, 6) is 1.65. The molecule has 0 aliphatic heterocycles. The van der Waals surface area contributed by atoms with Gasteiger partial charge in [0.1, 0.15) is 54.3 Å². The smallest absolute Gasteiger partial charge is 0.167 e. The predicted molar refractivity (Wildman–Crippen MR) is 257 cm³/mol. The Hall–Kier alpha value is -4.66. The fourth-order valence-electron chi connectivity index (χ4n) is 8.58. The Morgan fingerprint density at radius 3 is 0.817 bits per heavy atom. The summed E-state index contributed by atoms with van der Waals surface area (Å²) in [5.41, 5.74) is 0.978. The number of phenols is 3. The minimum absolute atomic E-state index is 0.0932. The van der Waals surface area contributed by atoms with Gasteiger partial charge in [-0.15, -0.1) is 19.7 Å². The van der Waals surface area contributed by atoms with Gasteiger partial charge in [0.25, 0.3) is 0 Å². The Morgan fingerprint density at radius 2 is 0.633 bits per heavy atom. The molecule has 4 aromatic rings. The third-order valence-electron chi connectivity index (χ3n) is 13.8. The molecule has 0 atom stereocenters. The summed E-state index contributed by atoms with van der Waals surface area (Å²) in [6, 6.07) is 25.0. The van der Waals surface area contributed by atoms with E-state index in [4.69, 9.17) is 29.2 Å². The molecule has 0 bridgehead atoms. The van der Waals surface area contributed by atoms with Gasteiger partial charge in [0.15, 0.2) is 17.5 Å². The largest absolute Gasteiger partial charge is 0.507 e. The highest BCUT2D eigenvalue weighted by Crippen LogP contribution is 2.39. The molecule has 0 unspecified atom stereocenters. The van der Waals surface area contributed by atoms with Crippen LogP contribution < -0.4 is 14.2 Å². The zero-order chi connectivity index (χ0) is 44.3. The van der Waals surface area contributed by atoms with Gasteiger partial charge in [-0.1, -0.05) is 132 Å². The lowest BCUT2D eigenvalue weighted by Gasteiger charge is -2.30. The van der Waals surface area contributed by atoms with E-state index in [0.717, 1.165) is 70.0 Å². The van der Waals surface area contributed by atoms with Crippen molar-refractivity contribution in [2.24, 2.45) is 0 Å². The van der Waals surface area contributed by atoms with Crippen molar-refractivity contribution in [2.45, 2.75) is 117 Å². The molecule has 0 saturated heterocycles. The number of nitrogens with zero attached hydrogens (tertiary/aromatic N) is 3. The van der Waals surface area contributed by atoms with E-state index in [2.05, 4.69) is 82.1 Å². The first-order valence-corrected chi connectivity index (χ1v) is 29.7. The number of aromatic nitrogens is 3. The van der Waals surface area contributed by atoms with Gasteiger partial charge in [0.2, 0.25) is 0 Å². The Bertz CT molecular complexity index is 1850. The molecule has 9 nitrogen and oxygen atoms in total. The van der Waals surface area contributed by atoms with E-state index in [1.165, 1.54) is 0 Å². The van der Waals surface area contributed by atoms with E-state index < -0.39 is 24.2 Å². The molecule has 0 fully saturated rings. The number of aromatic hydroxyl groups is 3. The van der Waals surface area contributed by atoms with Crippen LogP contribution >= 0.6 is 0 Å². The lowest BCUT2D eigenvalue weighted by atomic mass is 10.1. The maximum atomic E-state index is 11.4. The van der Waals surface area contributed by atoms with Crippen LogP contribution in [0.15, 0.2) is 89.9 Å². The van der Waals surface area contributed by atoms with Crippen LogP contribution in [0.1, 0.15) is 62.3 Å². The molecule has 0 spiro atoms. The van der Waals surface area contributed by atoms with Gasteiger partial charge in [-0.3, -0.25) is 0 Å². The molecule has 0 saturated carbocycles. The highest BCUT2D eigenvalue weighted by molar-refractivity contribution is 6.87. The van der Waals surface area contributed by atoms with Gasteiger partial charge >= 0.3 is 0 Å². The molecule has 60 heavy (non-hydrogen) atoms. The third kappa shape index (κ3) is 10.4. The number of hydrogen-bond donors (Lipinski definition) is 3. The van der Waals surface area contributed by atoms with E-state index in [1.807, 2.05) is 0 Å². The third-order valence-corrected chi connectivity index (χ3v) is 31.0. The molecule has 12 heteroatoms. The lowest BCUT2D eigenvalue weighted by Crippen LogP contribution is -2.36. The van der Waals surface area contributed by atoms with Crippen molar-refractivity contribution in [1.29, 1.82) is 0 Å². The zero-order valence-electron chi connectivity index (χ0n) is 37.7. The zero-order valence-corrected chi connectivity index (χ0v) is 40.7. The fraction of sp³-hybridized carbons (Fsp3) is 0.438. The number of ether oxygens (including phenoxy) is 3. The van der Waals surface area contributed by atoms with E-state index >= 15 is 0 Å². The lowest BCUT2D eigenvalue weighted by molar-refractivity contribution is 0.354. The Labute approximate surface area is 362 Å². The van der Waals surface area contributed by atoms with Crippen molar-refractivity contribution in [2.75, 3.05) is 19.8 Å². The molecule has 3 aromatic carbocycles. The molecule has 0 aliphatic rings. The van der Waals surface area contributed by atoms with Crippen LogP contribution in [0.4, 0.5) is 0 Å². The maximum absolute atomic E-state index is 11.4. The minimum Gasteiger partial charge on any atom is -0.507 e. The molecule has 0 aliphatic carbocycles. The Morgan fingerprint density at radius 1 is 0.417 bits per heavy atom. The van der Waals surface area contributed by atoms with Crippen molar-refractivity contribution in [3.05, 3.63) is 89.9 Å². The molecule has 4 rings (SSSR count). The van der Waals surface area contributed by atoms with Crippen molar-refractivity contribution in [1.82, 2.24) is 15.0 Å². The summed E-state index contributed by atoms with van der Waals surface area (Å²) < 4.78 is 18.5. The minimum atomic E-state index is -1.66. The Balaban J connectivity index is 1.73. The molecule has 3 N–H and O–H groups in total. The number of rotatable bonds is 24. The van der Waals surface area contributed by atoms with Gasteiger partial charge in [0, 0.05) is 18.2 Å². The topological polar surface area (TPSA) is 127 Å². The van der Waals surface area contributed by atoms with Crippen molar-refractivity contribution < 1.29 is 29.5 Å². The predicted octanol–water partition coefficient (Wildman–Crippen LogP) is 12.9. The number of hydrogen-bond acceptors (Lipinski definition) is 9. The van der Waals surface area contributed by atoms with E-state index in [9.17, 15) is 15.3 Å². The summed E-state index contributed by atoms with van der Waals surface area (Å²) in [4.78, 5) is 14.2. The summed E-state index contributed by atoms with van der Waals surface area (Å²) in [6.07, 6.45) is 0. The molecule has 0 radical (unpaired) electrons. The van der Waals surface area contributed by atoms with Crippen molar-refractivity contribution >= 4 is 24.2 Å². The molecule has 1 aromatic heterocycles. The summed E-state index contributed by atoms with van der Waals surface area (Å²) in [6.45, 7) is 34.5. The van der Waals surface area contributed by atoms with Crippen LogP contribution in [0.2, 0.25) is 54.4 Å². The second-order valence-corrected chi connectivity index (χ2v) is 32.2. The molecule has 0 amide bonds. The Kier molecular flexibility index (Phi) is 17.0. The average Bonchev–Trinajstić information content (AvgIpc) is 3.26. The van der Waals surface area contributed by atoms with Crippen LogP contribution in [-0.2, 0) is 0 Å². The van der Waals surface area contributed by atoms with Crippen molar-refractivity contribution in [3.8, 4) is 68.7 Å². The van der Waals surface area contributed by atoms with Crippen molar-refractivity contribution in [3.63, 3.8) is 0 Å². The van der Waals surface area contributed by atoms with E-state index in [1.54, 1.807) is 54.6 Å². The fourth-order valence-corrected chi connectivity index (χ4v) is 18.7. The molecular formula is C48H69N3O6Si3. The first-order valence-electron chi connectivity index (χ1n) is 21.9. The second kappa shape index (κ2) is 21.2. The summed E-state index contributed by atoms with van der Waals surface area (Å²) in [7, 11) is -4.98. The highest BCUT2D eigenvalue weighted by atomic mass is 28.3. The summed E-state index contributed by atoms with van der Waals surface area (Å²) >= 11 is 0. The van der Waals surface area contributed by atoms with E-state index in [0.29, 0.717) is 53.8 Å². The van der Waals surface area contributed by atoms with Gasteiger partial charge < -0.3 is 29.5 Å². The van der Waals surface area contributed by atoms with Crippen LogP contribution in [-0.4, -0.2) is 74.3 Å². The standard InChI is InChI=1S/C48H69N3O6Si3/c1-13-58(14-2,15-3)34(10)31-55-37-22-25-40(43(52)28-37)46-49-47(41-26-23-38(29-44(41)53)56-32-35(11)59(16-4,17-5)18-6)51-48(50-46)42-27-24-39(30-45(42)54)57-33-36(12)60(19-7,20-8)21-9/h22-30,52-54H,10-21,31-33H2,1-9H3. The highest BCUT2D eigenvalue weighted by Gasteiger charge is 2.32. The van der Waals surface area contributed by atoms with Gasteiger partial charge in [-0.2, -0.15) is 0 Å². The number of phenolic OH excluding ortho intramolecular Hbond substituents is 3. The van der Waals surface area contributed by atoms with Crippen LogP contribution in [0.25, 0.3) is 34.2 Å². The molecular weight excluding hydrogens is 799 g/mol. The van der Waals surface area contributed by atoms with Gasteiger partial charge in [-0.25, -0.2) is 15.0 Å². The van der Waals surface area contributed by atoms with Crippen LogP contribution in [0, 0.1) is 0 Å². The first kappa shape index (κ1) is 48.0. The van der Waals surface area contributed by atoms with Crippen LogP contribution in [0.5, 0.6) is 34.5 Å². The van der Waals surface area contributed by atoms with Crippen LogP contribution in [0.3, 0.4) is 0 Å². The first-order chi connectivity index (χ1) is 28.7. The molecule has 324 valence electrons. The number of benzene rings is 3. The SMILES string of the molecule is C=C(COc1ccc(-c2nc(-c3ccc(OCC(=C)[Si](CC)(CC)CC)cc3O)nc(-c3ccc(OCC(=C)[Si](CC)(CC)CC)cc3O)n2)c(O)c1)[Si](CC)(CC)CC. The average molecular weight is 868 g/mol. The summed E-state index contributed by atoms with van der Waals surface area (Å²) in [5, 5.41) is 37.7. The van der Waals surface area contributed by atoms with Gasteiger partial charge in [0.05, 0.1) is 40.9 Å². The quantitative estimate of drug-likeness (QED) is 0.0590. The molecule has 1 heterocycles. The maximum Gasteiger partial charge on any atom is 0.167 e. The normalized spacial score (nSPS) is 11.9. The van der Waals surface area contributed by atoms with E-state index in [-0.39, 0.29) is 34.7 Å². The second-order valence-electron chi connectivity index (χ2n) is 16.0. The monoisotopic (exact) mass is 867 g/mol.